The molecule has 7 heteroatoms. The first-order valence-corrected chi connectivity index (χ1v) is 6.96. The number of rotatable bonds is 3. The SMILES string of the molecule is COc1ccc(C2=[N+]([O-])c3c(F)cc(Cl)cc3C2=O)cc1OC. The highest BCUT2D eigenvalue weighted by Crippen LogP contribution is 2.35. The van der Waals surface area contributed by atoms with Crippen LogP contribution in [0.25, 0.3) is 0 Å². The number of fused-ring (bicyclic) bond motifs is 1. The minimum Gasteiger partial charge on any atom is -0.618 e. The Kier molecular flexibility index (Phi) is 3.69. The Labute approximate surface area is 136 Å². The van der Waals surface area contributed by atoms with Crippen molar-refractivity contribution in [3.05, 3.63) is 57.5 Å². The fourth-order valence-corrected chi connectivity index (χ4v) is 2.71. The summed E-state index contributed by atoms with van der Waals surface area (Å²) in [5.41, 5.74) is -0.282. The number of methoxy groups -OCH3 is 2. The van der Waals surface area contributed by atoms with E-state index in [1.54, 1.807) is 6.07 Å². The van der Waals surface area contributed by atoms with Crippen LogP contribution in [0.3, 0.4) is 0 Å². The minimum absolute atomic E-state index is 0.0524. The van der Waals surface area contributed by atoms with Gasteiger partial charge in [-0.05, 0) is 30.3 Å². The number of nitrogens with zero attached hydrogens (tertiary/aromatic N) is 1. The zero-order chi connectivity index (χ0) is 16.7. The van der Waals surface area contributed by atoms with Gasteiger partial charge in [0.15, 0.2) is 17.3 Å². The second-order valence-electron chi connectivity index (χ2n) is 4.83. The molecule has 5 nitrogen and oxygen atoms in total. The molecule has 0 aromatic heterocycles. The van der Waals surface area contributed by atoms with Gasteiger partial charge in [-0.1, -0.05) is 11.6 Å². The lowest BCUT2D eigenvalue weighted by Gasteiger charge is -2.08. The third-order valence-electron chi connectivity index (χ3n) is 3.55. The van der Waals surface area contributed by atoms with Crippen LogP contribution in [0.2, 0.25) is 5.02 Å². The van der Waals surface area contributed by atoms with Crippen LogP contribution >= 0.6 is 11.6 Å². The van der Waals surface area contributed by atoms with Crippen LogP contribution in [-0.2, 0) is 0 Å². The summed E-state index contributed by atoms with van der Waals surface area (Å²) in [5.74, 6) is -0.630. The summed E-state index contributed by atoms with van der Waals surface area (Å²) in [4.78, 5) is 12.5. The maximum Gasteiger partial charge on any atom is 0.273 e. The summed E-state index contributed by atoms with van der Waals surface area (Å²) in [7, 11) is 2.91. The molecular formula is C16H11ClFNO4. The second-order valence-corrected chi connectivity index (χ2v) is 5.26. The predicted molar refractivity (Wildman–Crippen MR) is 82.7 cm³/mol. The maximum absolute atomic E-state index is 14.0. The van der Waals surface area contributed by atoms with E-state index in [9.17, 15) is 14.4 Å². The van der Waals surface area contributed by atoms with Crippen molar-refractivity contribution in [2.24, 2.45) is 0 Å². The Balaban J connectivity index is 2.18. The molecule has 1 aliphatic heterocycles. The first-order valence-electron chi connectivity index (χ1n) is 6.58. The largest absolute Gasteiger partial charge is 0.618 e. The molecular weight excluding hydrogens is 325 g/mol. The number of carbonyl (C=O) groups excluding carboxylic acids is 1. The Bertz CT molecular complexity index is 863. The molecule has 0 atom stereocenters. The molecule has 0 aliphatic carbocycles. The van der Waals surface area contributed by atoms with Gasteiger partial charge in [-0.3, -0.25) is 4.79 Å². The van der Waals surface area contributed by atoms with Gasteiger partial charge in [0.25, 0.3) is 17.2 Å². The van der Waals surface area contributed by atoms with Gasteiger partial charge in [0.1, 0.15) is 5.56 Å². The van der Waals surface area contributed by atoms with Crippen LogP contribution in [0.5, 0.6) is 11.5 Å². The molecule has 0 unspecified atom stereocenters. The summed E-state index contributed by atoms with van der Waals surface area (Å²) in [6.45, 7) is 0. The monoisotopic (exact) mass is 335 g/mol. The molecule has 0 bridgehead atoms. The van der Waals surface area contributed by atoms with Gasteiger partial charge >= 0.3 is 0 Å². The van der Waals surface area contributed by atoms with E-state index in [1.165, 1.54) is 32.4 Å². The molecule has 0 spiro atoms. The smallest absolute Gasteiger partial charge is 0.273 e. The highest BCUT2D eigenvalue weighted by Gasteiger charge is 2.39. The number of Topliss-reactive ketones (excluding diaryl/α,β-unsaturated/α-hetero) is 1. The summed E-state index contributed by atoms with van der Waals surface area (Å²) in [6, 6.07) is 6.86. The third-order valence-corrected chi connectivity index (χ3v) is 3.77. The first kappa shape index (κ1) is 15.3. The van der Waals surface area contributed by atoms with E-state index in [0.29, 0.717) is 17.1 Å². The second kappa shape index (κ2) is 5.55. The number of halogens is 2. The normalized spacial score (nSPS) is 13.3. The summed E-state index contributed by atoms with van der Waals surface area (Å²) < 4.78 is 24.6. The highest BCUT2D eigenvalue weighted by molar-refractivity contribution is 6.52. The van der Waals surface area contributed by atoms with E-state index in [2.05, 4.69) is 0 Å². The zero-order valence-corrected chi connectivity index (χ0v) is 13.0. The molecule has 3 rings (SSSR count). The van der Waals surface area contributed by atoms with Crippen molar-refractivity contribution in [1.29, 1.82) is 0 Å². The number of hydrogen-bond acceptors (Lipinski definition) is 4. The van der Waals surface area contributed by atoms with E-state index in [4.69, 9.17) is 21.1 Å². The molecule has 2 aromatic carbocycles. The van der Waals surface area contributed by atoms with Crippen LogP contribution in [0, 0.1) is 11.0 Å². The fraction of sp³-hybridized carbons (Fsp3) is 0.125. The van der Waals surface area contributed by atoms with Crippen LogP contribution in [0.4, 0.5) is 10.1 Å². The zero-order valence-electron chi connectivity index (χ0n) is 12.2. The van der Waals surface area contributed by atoms with E-state index in [-0.39, 0.29) is 26.7 Å². The summed E-state index contributed by atoms with van der Waals surface area (Å²) in [5, 5.41) is 12.4. The van der Waals surface area contributed by atoms with Gasteiger partial charge in [0.05, 0.1) is 19.8 Å². The van der Waals surface area contributed by atoms with Crippen molar-refractivity contribution in [1.82, 2.24) is 0 Å². The Morgan fingerprint density at radius 2 is 1.83 bits per heavy atom. The molecule has 1 aliphatic rings. The van der Waals surface area contributed by atoms with Gasteiger partial charge in [0.2, 0.25) is 0 Å². The lowest BCUT2D eigenvalue weighted by Crippen LogP contribution is -2.16. The highest BCUT2D eigenvalue weighted by atomic mass is 35.5. The van der Waals surface area contributed by atoms with Gasteiger partial charge < -0.3 is 14.7 Å². The quantitative estimate of drug-likeness (QED) is 0.637. The molecule has 1 heterocycles. The topological polar surface area (TPSA) is 61.6 Å². The molecule has 0 radical (unpaired) electrons. The van der Waals surface area contributed by atoms with Crippen molar-refractivity contribution < 1.29 is 23.4 Å². The van der Waals surface area contributed by atoms with Crippen molar-refractivity contribution >= 4 is 28.8 Å². The Morgan fingerprint density at radius 1 is 1.13 bits per heavy atom. The van der Waals surface area contributed by atoms with Crippen molar-refractivity contribution in [3.8, 4) is 11.5 Å². The number of ketones is 1. The van der Waals surface area contributed by atoms with E-state index < -0.39 is 11.6 Å². The number of carbonyl (C=O) groups is 1. The fourth-order valence-electron chi connectivity index (χ4n) is 2.51. The molecule has 23 heavy (non-hydrogen) atoms. The Hall–Kier alpha value is -2.60. The van der Waals surface area contributed by atoms with Gasteiger partial charge in [-0.25, -0.2) is 0 Å². The minimum atomic E-state index is -0.841. The summed E-state index contributed by atoms with van der Waals surface area (Å²) in [6.07, 6.45) is 0. The maximum atomic E-state index is 14.0. The van der Waals surface area contributed by atoms with E-state index >= 15 is 0 Å². The van der Waals surface area contributed by atoms with E-state index in [0.717, 1.165) is 6.07 Å². The van der Waals surface area contributed by atoms with Crippen LogP contribution in [0.1, 0.15) is 15.9 Å². The molecule has 2 aromatic rings. The molecule has 118 valence electrons. The van der Waals surface area contributed by atoms with Gasteiger partial charge in [-0.15, -0.1) is 0 Å². The number of benzene rings is 2. The molecule has 0 saturated carbocycles. The van der Waals surface area contributed by atoms with Crippen LogP contribution in [-0.4, -0.2) is 30.5 Å². The van der Waals surface area contributed by atoms with Crippen LogP contribution < -0.4 is 9.47 Å². The third kappa shape index (κ3) is 2.31. The lowest BCUT2D eigenvalue weighted by atomic mass is 10.0. The van der Waals surface area contributed by atoms with Crippen molar-refractivity contribution in [3.63, 3.8) is 0 Å². The van der Waals surface area contributed by atoms with Gasteiger partial charge in [0, 0.05) is 5.02 Å². The molecule has 0 fully saturated rings. The standard InChI is InChI=1S/C16H11ClFNO4/c1-22-12-4-3-8(5-13(12)23-2)14-16(20)10-6-9(17)7-11(18)15(10)19(14)21/h3-7H,1-2H3. The molecule has 0 saturated heterocycles. The lowest BCUT2D eigenvalue weighted by molar-refractivity contribution is -0.358. The van der Waals surface area contributed by atoms with Gasteiger partial charge in [-0.2, -0.15) is 9.13 Å². The first-order chi connectivity index (χ1) is 11.0. The number of ether oxygens (including phenoxy) is 2. The predicted octanol–water partition coefficient (Wildman–Crippen LogP) is 3.32. The average Bonchev–Trinajstić information content (AvgIpc) is 2.78. The van der Waals surface area contributed by atoms with Crippen LogP contribution in [0.15, 0.2) is 30.3 Å². The van der Waals surface area contributed by atoms with Crippen molar-refractivity contribution in [2.75, 3.05) is 14.2 Å². The molecule has 0 N–H and O–H groups in total. The average molecular weight is 336 g/mol. The van der Waals surface area contributed by atoms with Crippen molar-refractivity contribution in [2.45, 2.75) is 0 Å². The van der Waals surface area contributed by atoms with E-state index in [1.807, 2.05) is 0 Å². The molecule has 0 amide bonds. The Morgan fingerprint density at radius 3 is 2.48 bits per heavy atom. The number of hydrogen-bond donors (Lipinski definition) is 0. The summed E-state index contributed by atoms with van der Waals surface area (Å²) >= 11 is 5.76.